The van der Waals surface area contributed by atoms with E-state index in [9.17, 15) is 24.6 Å². The van der Waals surface area contributed by atoms with E-state index in [1.54, 1.807) is 24.5 Å². The highest BCUT2D eigenvalue weighted by Crippen LogP contribution is 2.40. The summed E-state index contributed by atoms with van der Waals surface area (Å²) in [6.07, 6.45) is 3.26. The Hall–Kier alpha value is -2.04. The molecule has 3 heterocycles. The second-order valence-corrected chi connectivity index (χ2v) is 7.50. The number of nitrogens with one attached hydrogen (secondary N) is 1. The molecule has 0 radical (unpaired) electrons. The molecule has 3 rings (SSSR count). The average molecular weight is 381 g/mol. The lowest BCUT2D eigenvalue weighted by Gasteiger charge is -2.49. The number of thioether (sulfide) groups is 2. The van der Waals surface area contributed by atoms with Crippen molar-refractivity contribution in [3.63, 3.8) is 0 Å². The molecular formula is C15H15N3O5S2. The maximum Gasteiger partial charge on any atom is 0.352 e. The Bertz CT molecular complexity index is 740. The highest BCUT2D eigenvalue weighted by atomic mass is 32.2. The molecule has 2 aliphatic heterocycles. The summed E-state index contributed by atoms with van der Waals surface area (Å²) in [7, 11) is 0. The van der Waals surface area contributed by atoms with Crippen LogP contribution in [0, 0.1) is 0 Å². The zero-order chi connectivity index (χ0) is 18.0. The van der Waals surface area contributed by atoms with Crippen LogP contribution in [0.15, 0.2) is 40.7 Å². The molecule has 2 amide bonds. The fourth-order valence-electron chi connectivity index (χ4n) is 2.60. The van der Waals surface area contributed by atoms with E-state index in [0.29, 0.717) is 11.3 Å². The number of aliphatic hydroxyl groups is 1. The molecule has 0 bridgehead atoms. The number of carbonyl (C=O) groups is 3. The zero-order valence-corrected chi connectivity index (χ0v) is 14.5. The zero-order valence-electron chi connectivity index (χ0n) is 12.9. The van der Waals surface area contributed by atoms with Crippen LogP contribution in [0.2, 0.25) is 0 Å². The molecule has 25 heavy (non-hydrogen) atoms. The number of fused-ring (bicyclic) bond motifs is 1. The number of carboxylic acid groups (broad SMARTS) is 1. The second kappa shape index (κ2) is 7.46. The Kier molecular flexibility index (Phi) is 5.30. The van der Waals surface area contributed by atoms with Gasteiger partial charge in [0.2, 0.25) is 5.91 Å². The number of amides is 2. The third-order valence-electron chi connectivity index (χ3n) is 3.78. The first-order chi connectivity index (χ1) is 12.0. The van der Waals surface area contributed by atoms with Gasteiger partial charge < -0.3 is 15.5 Å². The summed E-state index contributed by atoms with van der Waals surface area (Å²) in [5.41, 5.74) is 0.132. The molecule has 1 aromatic heterocycles. The summed E-state index contributed by atoms with van der Waals surface area (Å²) in [5, 5.41) is 20.8. The van der Waals surface area contributed by atoms with Gasteiger partial charge in [-0.1, -0.05) is 0 Å². The SMILES string of the molecule is O=C(CSc1ccncc1)NC1C(=O)N2C(C(=O)O)=C(CO)CSC12. The number of aliphatic carboxylic acids is 1. The number of hydrogen-bond donors (Lipinski definition) is 3. The smallest absolute Gasteiger partial charge is 0.352 e. The molecule has 2 atom stereocenters. The molecule has 0 spiro atoms. The van der Waals surface area contributed by atoms with Crippen molar-refractivity contribution in [1.29, 1.82) is 0 Å². The lowest BCUT2D eigenvalue weighted by Crippen LogP contribution is -2.70. The van der Waals surface area contributed by atoms with E-state index in [4.69, 9.17) is 0 Å². The van der Waals surface area contributed by atoms with E-state index in [-0.39, 0.29) is 17.4 Å². The van der Waals surface area contributed by atoms with E-state index in [0.717, 1.165) is 9.80 Å². The van der Waals surface area contributed by atoms with Crippen LogP contribution in [0.4, 0.5) is 0 Å². The lowest BCUT2D eigenvalue weighted by atomic mass is 10.0. The first-order valence-corrected chi connectivity index (χ1v) is 9.39. The minimum Gasteiger partial charge on any atom is -0.477 e. The van der Waals surface area contributed by atoms with Crippen LogP contribution in [0.3, 0.4) is 0 Å². The monoisotopic (exact) mass is 381 g/mol. The summed E-state index contributed by atoms with van der Waals surface area (Å²) in [4.78, 5) is 41.7. The van der Waals surface area contributed by atoms with Crippen molar-refractivity contribution in [2.24, 2.45) is 0 Å². The highest BCUT2D eigenvalue weighted by Gasteiger charge is 2.54. The average Bonchev–Trinajstić information content (AvgIpc) is 2.63. The van der Waals surface area contributed by atoms with Crippen molar-refractivity contribution >= 4 is 41.3 Å². The standard InChI is InChI=1S/C15H15N3O5S2/c19-5-8-6-25-14-11(13(21)18(14)12(8)15(22)23)17-10(20)7-24-9-1-3-16-4-2-9/h1-4,11,14,19H,5-7H2,(H,17,20)(H,22,23). The fourth-order valence-corrected chi connectivity index (χ4v) is 4.63. The number of carboxylic acids is 1. The van der Waals surface area contributed by atoms with Gasteiger partial charge in [-0.2, -0.15) is 0 Å². The van der Waals surface area contributed by atoms with Gasteiger partial charge in [0.05, 0.1) is 12.4 Å². The first kappa shape index (κ1) is 17.8. The number of hydrogen-bond acceptors (Lipinski definition) is 7. The predicted octanol–water partition coefficient (Wildman–Crippen LogP) is -0.0954. The Morgan fingerprint density at radius 2 is 2.12 bits per heavy atom. The number of carbonyl (C=O) groups excluding carboxylic acids is 2. The number of β-lactam (4-membered cyclic amide) rings is 1. The van der Waals surface area contributed by atoms with Crippen molar-refractivity contribution in [1.82, 2.24) is 15.2 Å². The Balaban J connectivity index is 1.61. The van der Waals surface area contributed by atoms with Crippen molar-refractivity contribution in [3.05, 3.63) is 35.8 Å². The van der Waals surface area contributed by atoms with Crippen LogP contribution in [0.5, 0.6) is 0 Å². The van der Waals surface area contributed by atoms with Crippen LogP contribution in [-0.2, 0) is 14.4 Å². The number of pyridine rings is 1. The van der Waals surface area contributed by atoms with Gasteiger partial charge in [0.25, 0.3) is 5.91 Å². The van der Waals surface area contributed by atoms with Crippen molar-refractivity contribution in [2.45, 2.75) is 16.3 Å². The van der Waals surface area contributed by atoms with Crippen LogP contribution < -0.4 is 5.32 Å². The maximum atomic E-state index is 12.3. The molecule has 0 aromatic carbocycles. The predicted molar refractivity (Wildman–Crippen MR) is 91.7 cm³/mol. The van der Waals surface area contributed by atoms with Gasteiger partial charge >= 0.3 is 5.97 Å². The van der Waals surface area contributed by atoms with E-state index >= 15 is 0 Å². The molecule has 1 fully saturated rings. The minimum atomic E-state index is -1.25. The highest BCUT2D eigenvalue weighted by molar-refractivity contribution is 8.00. The van der Waals surface area contributed by atoms with E-state index < -0.39 is 29.9 Å². The number of aliphatic hydroxyl groups excluding tert-OH is 1. The van der Waals surface area contributed by atoms with E-state index in [1.165, 1.54) is 23.5 Å². The van der Waals surface area contributed by atoms with E-state index in [2.05, 4.69) is 10.3 Å². The van der Waals surface area contributed by atoms with E-state index in [1.807, 2.05) is 0 Å². The fraction of sp³-hybridized carbons (Fsp3) is 0.333. The van der Waals surface area contributed by atoms with Crippen molar-refractivity contribution < 1.29 is 24.6 Å². The summed E-state index contributed by atoms with van der Waals surface area (Å²) in [6.45, 7) is -0.412. The van der Waals surface area contributed by atoms with Crippen LogP contribution >= 0.6 is 23.5 Å². The molecule has 8 nitrogen and oxygen atoms in total. The van der Waals surface area contributed by atoms with Gasteiger partial charge in [0.15, 0.2) is 0 Å². The van der Waals surface area contributed by atoms with Gasteiger partial charge in [-0.3, -0.25) is 19.5 Å². The van der Waals surface area contributed by atoms with Gasteiger partial charge in [-0.05, 0) is 17.7 Å². The molecule has 0 aliphatic carbocycles. The van der Waals surface area contributed by atoms with Crippen LogP contribution in [0.25, 0.3) is 0 Å². The van der Waals surface area contributed by atoms with Crippen LogP contribution in [0.1, 0.15) is 0 Å². The molecular weight excluding hydrogens is 366 g/mol. The topological polar surface area (TPSA) is 120 Å². The third-order valence-corrected chi connectivity index (χ3v) is 6.13. The maximum absolute atomic E-state index is 12.3. The summed E-state index contributed by atoms with van der Waals surface area (Å²) in [6, 6.07) is 2.82. The number of rotatable bonds is 6. The summed E-state index contributed by atoms with van der Waals surface area (Å²) < 4.78 is 0. The minimum absolute atomic E-state index is 0.148. The van der Waals surface area contributed by atoms with Crippen molar-refractivity contribution in [3.8, 4) is 0 Å². The van der Waals surface area contributed by atoms with Gasteiger partial charge in [0, 0.05) is 23.0 Å². The molecule has 2 unspecified atom stereocenters. The molecule has 3 N–H and O–H groups in total. The molecule has 132 valence electrons. The molecule has 0 saturated carbocycles. The third kappa shape index (κ3) is 3.51. The van der Waals surface area contributed by atoms with Crippen LogP contribution in [-0.4, -0.2) is 67.4 Å². The van der Waals surface area contributed by atoms with Crippen molar-refractivity contribution in [2.75, 3.05) is 18.1 Å². The number of aromatic nitrogens is 1. The Morgan fingerprint density at radius 3 is 2.76 bits per heavy atom. The molecule has 1 saturated heterocycles. The van der Waals surface area contributed by atoms with Gasteiger partial charge in [-0.15, -0.1) is 23.5 Å². The first-order valence-electron chi connectivity index (χ1n) is 7.36. The van der Waals surface area contributed by atoms with Gasteiger partial charge in [0.1, 0.15) is 17.1 Å². The molecule has 1 aromatic rings. The second-order valence-electron chi connectivity index (χ2n) is 5.34. The molecule has 2 aliphatic rings. The lowest BCUT2D eigenvalue weighted by molar-refractivity contribution is -0.150. The summed E-state index contributed by atoms with van der Waals surface area (Å²) in [5.74, 6) is -1.56. The largest absolute Gasteiger partial charge is 0.477 e. The normalized spacial score (nSPS) is 22.3. The quantitative estimate of drug-likeness (QED) is 0.462. The Labute approximate surface area is 151 Å². The van der Waals surface area contributed by atoms with Gasteiger partial charge in [-0.25, -0.2) is 4.79 Å². The molecule has 10 heteroatoms. The number of nitrogens with zero attached hydrogens (tertiary/aromatic N) is 2. The Morgan fingerprint density at radius 1 is 1.40 bits per heavy atom. The summed E-state index contributed by atoms with van der Waals surface area (Å²) >= 11 is 2.65.